The van der Waals surface area contributed by atoms with Crippen LogP contribution in [0.25, 0.3) is 22.2 Å². The second-order valence-corrected chi connectivity index (χ2v) is 10.1. The van der Waals surface area contributed by atoms with Gasteiger partial charge in [0, 0.05) is 10.4 Å². The third-order valence-corrected chi connectivity index (χ3v) is 7.50. The van der Waals surface area contributed by atoms with Gasteiger partial charge in [-0.2, -0.15) is 0 Å². The third-order valence-electron chi connectivity index (χ3n) is 5.35. The molecule has 0 spiro atoms. The third kappa shape index (κ3) is 4.24. The SMILES string of the molecule is COc1ccc(-c2nnc([C@H](C)Sc3nnc(-c4cc5c(s4)CC[C@H](C)C5)o3)o2)cc1. The topological polar surface area (TPSA) is 87.1 Å². The van der Waals surface area contributed by atoms with Gasteiger partial charge in [0.2, 0.25) is 11.8 Å². The minimum atomic E-state index is -0.120. The Kier molecular flexibility index (Phi) is 5.54. The molecular formula is C22H22N4O3S2. The van der Waals surface area contributed by atoms with Crippen LogP contribution in [0.2, 0.25) is 0 Å². The predicted molar refractivity (Wildman–Crippen MR) is 119 cm³/mol. The molecule has 160 valence electrons. The Balaban J connectivity index is 1.28. The zero-order chi connectivity index (χ0) is 21.4. The second-order valence-electron chi connectivity index (χ2n) is 7.71. The van der Waals surface area contributed by atoms with Gasteiger partial charge in [-0.3, -0.25) is 0 Å². The summed E-state index contributed by atoms with van der Waals surface area (Å²) in [5, 5.41) is 17.2. The van der Waals surface area contributed by atoms with E-state index in [1.54, 1.807) is 18.4 Å². The highest BCUT2D eigenvalue weighted by Gasteiger charge is 2.23. The molecule has 0 saturated carbocycles. The first-order valence-electron chi connectivity index (χ1n) is 10.2. The lowest BCUT2D eigenvalue weighted by molar-refractivity contribution is 0.415. The summed E-state index contributed by atoms with van der Waals surface area (Å²) >= 11 is 3.18. The van der Waals surface area contributed by atoms with Gasteiger partial charge in [-0.1, -0.05) is 18.7 Å². The van der Waals surface area contributed by atoms with Crippen LogP contribution in [0.3, 0.4) is 0 Å². The van der Waals surface area contributed by atoms with Crippen LogP contribution in [0.5, 0.6) is 5.75 Å². The summed E-state index contributed by atoms with van der Waals surface area (Å²) in [6.45, 7) is 4.28. The largest absolute Gasteiger partial charge is 0.497 e. The maximum Gasteiger partial charge on any atom is 0.277 e. The molecule has 5 rings (SSSR count). The van der Waals surface area contributed by atoms with Crippen LogP contribution in [0.4, 0.5) is 0 Å². The van der Waals surface area contributed by atoms with Crippen molar-refractivity contribution in [3.05, 3.63) is 46.7 Å². The molecule has 3 heterocycles. The van der Waals surface area contributed by atoms with Crippen molar-refractivity contribution >= 4 is 23.1 Å². The monoisotopic (exact) mass is 454 g/mol. The van der Waals surface area contributed by atoms with Gasteiger partial charge in [-0.15, -0.1) is 31.7 Å². The highest BCUT2D eigenvalue weighted by atomic mass is 32.2. The van der Waals surface area contributed by atoms with Crippen molar-refractivity contribution < 1.29 is 13.6 Å². The average molecular weight is 455 g/mol. The number of rotatable bonds is 6. The molecule has 2 atom stereocenters. The van der Waals surface area contributed by atoms with Crippen molar-refractivity contribution in [2.75, 3.05) is 7.11 Å². The summed E-state index contributed by atoms with van der Waals surface area (Å²) in [5.74, 6) is 3.07. The van der Waals surface area contributed by atoms with Gasteiger partial charge < -0.3 is 13.6 Å². The Bertz CT molecular complexity index is 1180. The molecule has 1 aromatic carbocycles. The average Bonchev–Trinajstić information content (AvgIpc) is 3.52. The van der Waals surface area contributed by atoms with Crippen molar-refractivity contribution in [3.63, 3.8) is 0 Å². The number of ether oxygens (including phenoxy) is 1. The Hall–Kier alpha value is -2.65. The van der Waals surface area contributed by atoms with Gasteiger partial charge in [0.25, 0.3) is 11.1 Å². The number of aromatic nitrogens is 4. The number of thioether (sulfide) groups is 1. The maximum absolute atomic E-state index is 5.93. The fraction of sp³-hybridized carbons (Fsp3) is 0.364. The molecule has 0 amide bonds. The first kappa shape index (κ1) is 20.3. The number of thiophene rings is 1. The summed E-state index contributed by atoms with van der Waals surface area (Å²) < 4.78 is 17.0. The quantitative estimate of drug-likeness (QED) is 0.336. The van der Waals surface area contributed by atoms with Crippen LogP contribution in [-0.2, 0) is 12.8 Å². The summed E-state index contributed by atoms with van der Waals surface area (Å²) in [6, 6.07) is 9.71. The Labute approximate surface area is 188 Å². The molecule has 0 bridgehead atoms. The molecule has 31 heavy (non-hydrogen) atoms. The number of nitrogens with zero attached hydrogens (tertiary/aromatic N) is 4. The van der Waals surface area contributed by atoms with Crippen LogP contribution in [0.1, 0.15) is 41.8 Å². The minimum Gasteiger partial charge on any atom is -0.497 e. The first-order chi connectivity index (χ1) is 15.1. The predicted octanol–water partition coefficient (Wildman–Crippen LogP) is 5.83. The molecule has 0 unspecified atom stereocenters. The molecule has 0 radical (unpaired) electrons. The normalized spacial score (nSPS) is 16.8. The van der Waals surface area contributed by atoms with E-state index >= 15 is 0 Å². The zero-order valence-corrected chi connectivity index (χ0v) is 19.1. The van der Waals surface area contributed by atoms with Crippen LogP contribution in [0.15, 0.2) is 44.4 Å². The van der Waals surface area contributed by atoms with Gasteiger partial charge in [0.05, 0.1) is 17.2 Å². The van der Waals surface area contributed by atoms with Crippen LogP contribution in [0, 0.1) is 5.92 Å². The second kappa shape index (κ2) is 8.47. The van der Waals surface area contributed by atoms with Crippen LogP contribution >= 0.6 is 23.1 Å². The fourth-order valence-electron chi connectivity index (χ4n) is 3.62. The van der Waals surface area contributed by atoms with Crippen molar-refractivity contribution in [2.45, 2.75) is 43.6 Å². The van der Waals surface area contributed by atoms with E-state index in [-0.39, 0.29) is 5.25 Å². The highest BCUT2D eigenvalue weighted by molar-refractivity contribution is 7.99. The molecule has 3 aromatic heterocycles. The first-order valence-corrected chi connectivity index (χ1v) is 11.9. The molecule has 7 nitrogen and oxygen atoms in total. The molecule has 9 heteroatoms. The van der Waals surface area contributed by atoms with E-state index < -0.39 is 0 Å². The van der Waals surface area contributed by atoms with Gasteiger partial charge in [-0.25, -0.2) is 0 Å². The fourth-order valence-corrected chi connectivity index (χ4v) is 5.46. The highest BCUT2D eigenvalue weighted by Crippen LogP contribution is 2.39. The molecule has 0 N–H and O–H groups in total. The maximum atomic E-state index is 5.93. The molecule has 0 aliphatic heterocycles. The molecule has 0 fully saturated rings. The van der Waals surface area contributed by atoms with E-state index in [0.717, 1.165) is 34.9 Å². The Morgan fingerprint density at radius 1 is 1.10 bits per heavy atom. The van der Waals surface area contributed by atoms with E-state index in [0.29, 0.717) is 22.9 Å². The number of methoxy groups -OCH3 is 1. The minimum absolute atomic E-state index is 0.120. The molecule has 1 aliphatic rings. The van der Waals surface area contributed by atoms with E-state index in [1.807, 2.05) is 31.2 Å². The van der Waals surface area contributed by atoms with Gasteiger partial charge in [0.1, 0.15) is 5.75 Å². The van der Waals surface area contributed by atoms with Crippen molar-refractivity contribution in [1.82, 2.24) is 20.4 Å². The lowest BCUT2D eigenvalue weighted by Gasteiger charge is -2.16. The number of hydrogen-bond donors (Lipinski definition) is 0. The van der Waals surface area contributed by atoms with Crippen molar-refractivity contribution in [2.24, 2.45) is 5.92 Å². The number of hydrogen-bond acceptors (Lipinski definition) is 9. The lowest BCUT2D eigenvalue weighted by Crippen LogP contribution is -2.07. The Morgan fingerprint density at radius 2 is 1.90 bits per heavy atom. The summed E-state index contributed by atoms with van der Waals surface area (Å²) in [4.78, 5) is 2.50. The Morgan fingerprint density at radius 3 is 2.71 bits per heavy atom. The zero-order valence-electron chi connectivity index (χ0n) is 17.5. The van der Waals surface area contributed by atoms with E-state index in [2.05, 4.69) is 33.4 Å². The summed E-state index contributed by atoms with van der Waals surface area (Å²) in [7, 11) is 1.63. The van der Waals surface area contributed by atoms with Gasteiger partial charge >= 0.3 is 0 Å². The van der Waals surface area contributed by atoms with Crippen molar-refractivity contribution in [1.29, 1.82) is 0 Å². The summed E-state index contributed by atoms with van der Waals surface area (Å²) in [6.07, 6.45) is 3.52. The van der Waals surface area contributed by atoms with E-state index in [9.17, 15) is 0 Å². The molecule has 1 aliphatic carbocycles. The van der Waals surface area contributed by atoms with Crippen LogP contribution in [-0.4, -0.2) is 27.5 Å². The van der Waals surface area contributed by atoms with Gasteiger partial charge in [0.15, 0.2) is 0 Å². The molecule has 4 aromatic rings. The summed E-state index contributed by atoms with van der Waals surface area (Å²) in [5.41, 5.74) is 2.27. The van der Waals surface area contributed by atoms with E-state index in [1.165, 1.54) is 28.6 Å². The lowest BCUT2D eigenvalue weighted by atomic mass is 9.90. The van der Waals surface area contributed by atoms with Crippen molar-refractivity contribution in [3.8, 4) is 28.0 Å². The standard InChI is InChI=1S/C22H22N4O3S2/c1-12-4-9-17-15(10-12)11-18(31-17)21-25-26-22(29-21)30-13(2)19-23-24-20(28-19)14-5-7-16(27-3)8-6-14/h5-8,11-13H,4,9-10H2,1-3H3/t12-,13-/m0/s1. The van der Waals surface area contributed by atoms with E-state index in [4.69, 9.17) is 13.6 Å². The van der Waals surface area contributed by atoms with Gasteiger partial charge in [-0.05, 0) is 68.0 Å². The molecular weight excluding hydrogens is 432 g/mol. The number of benzene rings is 1. The number of aryl methyl sites for hydroxylation is 1. The molecule has 0 saturated heterocycles. The van der Waals surface area contributed by atoms with Crippen LogP contribution < -0.4 is 4.74 Å². The smallest absolute Gasteiger partial charge is 0.277 e. The number of fused-ring (bicyclic) bond motifs is 1.